The van der Waals surface area contributed by atoms with E-state index in [1.165, 1.54) is 30.6 Å². The number of ketones is 1. The van der Waals surface area contributed by atoms with Gasteiger partial charge in [-0.3, -0.25) is 9.59 Å². The van der Waals surface area contributed by atoms with Crippen LogP contribution in [0.1, 0.15) is 51.4 Å². The molecule has 0 saturated heterocycles. The third-order valence-electron chi connectivity index (χ3n) is 2.96. The van der Waals surface area contributed by atoms with Crippen LogP contribution in [0.15, 0.2) is 12.1 Å². The molecule has 0 bridgehead atoms. The number of thiophene rings is 1. The molecule has 1 aliphatic carbocycles. The van der Waals surface area contributed by atoms with Crippen LogP contribution in [-0.2, 0) is 0 Å². The fourth-order valence-electron chi connectivity index (χ4n) is 2.11. The topological polar surface area (TPSA) is 34.1 Å². The number of hydrogen-bond donors (Lipinski definition) is 0. The highest BCUT2D eigenvalue weighted by Gasteiger charge is 2.23. The average Bonchev–Trinajstić information content (AvgIpc) is 2.78. The fraction of sp³-hybridized carbons (Fsp3) is 0.500. The molecule has 1 heterocycles. The lowest BCUT2D eigenvalue weighted by Crippen LogP contribution is -2.16. The van der Waals surface area contributed by atoms with E-state index in [1.54, 1.807) is 12.1 Å². The Hall–Kier alpha value is -0.960. The van der Waals surface area contributed by atoms with E-state index in [9.17, 15) is 9.59 Å². The van der Waals surface area contributed by atoms with E-state index in [1.807, 2.05) is 0 Å². The van der Waals surface area contributed by atoms with Crippen molar-refractivity contribution in [3.63, 3.8) is 0 Å². The van der Waals surface area contributed by atoms with Gasteiger partial charge in [-0.25, -0.2) is 0 Å². The Morgan fingerprint density at radius 2 is 2.00 bits per heavy atom. The summed E-state index contributed by atoms with van der Waals surface area (Å²) in [6.07, 6.45) is 6.45. The van der Waals surface area contributed by atoms with Crippen molar-refractivity contribution >= 4 is 23.4 Å². The van der Waals surface area contributed by atoms with E-state index < -0.39 is 0 Å². The Morgan fingerprint density at radius 1 is 1.27 bits per heavy atom. The molecular formula is C12H14O2S. The largest absolute Gasteiger partial charge is 0.297 e. The van der Waals surface area contributed by atoms with Crippen LogP contribution in [-0.4, -0.2) is 12.1 Å². The Kier molecular flexibility index (Phi) is 3.31. The maximum Gasteiger partial charge on any atom is 0.175 e. The molecule has 0 N–H and O–H groups in total. The zero-order chi connectivity index (χ0) is 10.7. The minimum absolute atomic E-state index is 0.205. The van der Waals surface area contributed by atoms with Gasteiger partial charge in [-0.2, -0.15) is 0 Å². The van der Waals surface area contributed by atoms with Crippen LogP contribution >= 0.6 is 11.3 Å². The standard InChI is InChI=1S/C12H14O2S/c13-8-10-6-7-11(15-10)12(14)9-4-2-1-3-5-9/h6-9H,1-5H2. The van der Waals surface area contributed by atoms with E-state index in [4.69, 9.17) is 0 Å². The van der Waals surface area contributed by atoms with Gasteiger partial charge in [-0.05, 0) is 25.0 Å². The van der Waals surface area contributed by atoms with Gasteiger partial charge in [-0.1, -0.05) is 19.3 Å². The first-order chi connectivity index (χ1) is 7.31. The van der Waals surface area contributed by atoms with Crippen molar-refractivity contribution in [2.24, 2.45) is 5.92 Å². The summed E-state index contributed by atoms with van der Waals surface area (Å²) in [5, 5.41) is 0. The Labute approximate surface area is 93.3 Å². The minimum Gasteiger partial charge on any atom is -0.297 e. The molecule has 0 aliphatic heterocycles. The van der Waals surface area contributed by atoms with Gasteiger partial charge in [-0.15, -0.1) is 11.3 Å². The summed E-state index contributed by atoms with van der Waals surface area (Å²) in [5.41, 5.74) is 0. The smallest absolute Gasteiger partial charge is 0.175 e. The molecule has 0 spiro atoms. The van der Waals surface area contributed by atoms with Crippen molar-refractivity contribution in [2.45, 2.75) is 32.1 Å². The molecule has 1 saturated carbocycles. The first kappa shape index (κ1) is 10.6. The molecule has 1 aromatic heterocycles. The number of hydrogen-bond acceptors (Lipinski definition) is 3. The van der Waals surface area contributed by atoms with Gasteiger partial charge in [0.1, 0.15) is 0 Å². The monoisotopic (exact) mass is 222 g/mol. The quantitative estimate of drug-likeness (QED) is 0.580. The lowest BCUT2D eigenvalue weighted by molar-refractivity contribution is 0.0893. The summed E-state index contributed by atoms with van der Waals surface area (Å²) in [6, 6.07) is 3.51. The molecule has 1 fully saturated rings. The molecular weight excluding hydrogens is 208 g/mol. The van der Waals surface area contributed by atoms with Gasteiger partial charge in [0.2, 0.25) is 0 Å². The summed E-state index contributed by atoms with van der Waals surface area (Å²) in [5.74, 6) is 0.449. The molecule has 1 aromatic rings. The Balaban J connectivity index is 2.08. The summed E-state index contributed by atoms with van der Waals surface area (Å²) in [4.78, 5) is 23.9. The third-order valence-corrected chi connectivity index (χ3v) is 3.99. The molecule has 3 heteroatoms. The first-order valence-electron chi connectivity index (χ1n) is 5.40. The van der Waals surface area contributed by atoms with Crippen molar-refractivity contribution in [3.05, 3.63) is 21.9 Å². The van der Waals surface area contributed by atoms with E-state index in [-0.39, 0.29) is 11.7 Å². The summed E-state index contributed by atoms with van der Waals surface area (Å²) < 4.78 is 0. The highest BCUT2D eigenvalue weighted by molar-refractivity contribution is 7.15. The lowest BCUT2D eigenvalue weighted by atomic mass is 9.86. The number of rotatable bonds is 3. The van der Waals surface area contributed by atoms with Crippen molar-refractivity contribution in [1.29, 1.82) is 0 Å². The zero-order valence-corrected chi connectivity index (χ0v) is 9.39. The van der Waals surface area contributed by atoms with Crippen LogP contribution in [0, 0.1) is 5.92 Å². The van der Waals surface area contributed by atoms with Crippen LogP contribution < -0.4 is 0 Å². The van der Waals surface area contributed by atoms with Gasteiger partial charge < -0.3 is 0 Å². The molecule has 0 aromatic carbocycles. The van der Waals surface area contributed by atoms with Gasteiger partial charge >= 0.3 is 0 Å². The lowest BCUT2D eigenvalue weighted by Gasteiger charge is -2.19. The van der Waals surface area contributed by atoms with Crippen LogP contribution in [0.25, 0.3) is 0 Å². The van der Waals surface area contributed by atoms with Crippen molar-refractivity contribution in [2.75, 3.05) is 0 Å². The second-order valence-electron chi connectivity index (χ2n) is 4.02. The molecule has 0 amide bonds. The van der Waals surface area contributed by atoms with E-state index >= 15 is 0 Å². The van der Waals surface area contributed by atoms with Crippen LogP contribution in [0.2, 0.25) is 0 Å². The highest BCUT2D eigenvalue weighted by atomic mass is 32.1. The fourth-order valence-corrected chi connectivity index (χ4v) is 2.96. The third kappa shape index (κ3) is 2.34. The van der Waals surface area contributed by atoms with E-state index in [2.05, 4.69) is 0 Å². The molecule has 2 rings (SSSR count). The molecule has 2 nitrogen and oxygen atoms in total. The Bertz CT molecular complexity index is 361. The van der Waals surface area contributed by atoms with Crippen molar-refractivity contribution < 1.29 is 9.59 Å². The van der Waals surface area contributed by atoms with E-state index in [0.717, 1.165) is 24.0 Å². The van der Waals surface area contributed by atoms with Crippen molar-refractivity contribution in [3.8, 4) is 0 Å². The van der Waals surface area contributed by atoms with Gasteiger partial charge in [0.15, 0.2) is 12.1 Å². The van der Waals surface area contributed by atoms with Gasteiger partial charge in [0, 0.05) is 5.92 Å². The second-order valence-corrected chi connectivity index (χ2v) is 5.13. The summed E-state index contributed by atoms with van der Waals surface area (Å²) in [6.45, 7) is 0. The minimum atomic E-state index is 0.205. The van der Waals surface area contributed by atoms with E-state index in [0.29, 0.717) is 4.88 Å². The molecule has 80 valence electrons. The molecule has 0 atom stereocenters. The predicted octanol–water partition coefficient (Wildman–Crippen LogP) is 3.32. The normalized spacial score (nSPS) is 17.6. The molecule has 1 aliphatic rings. The molecule has 15 heavy (non-hydrogen) atoms. The second kappa shape index (κ2) is 4.71. The maximum absolute atomic E-state index is 12.0. The Morgan fingerprint density at radius 3 is 2.60 bits per heavy atom. The number of carbonyl (C=O) groups excluding carboxylic acids is 2. The summed E-state index contributed by atoms with van der Waals surface area (Å²) in [7, 11) is 0. The molecule has 0 unspecified atom stereocenters. The maximum atomic E-state index is 12.0. The number of carbonyl (C=O) groups is 2. The summed E-state index contributed by atoms with van der Waals surface area (Å²) >= 11 is 1.32. The predicted molar refractivity (Wildman–Crippen MR) is 60.6 cm³/mol. The zero-order valence-electron chi connectivity index (χ0n) is 8.57. The van der Waals surface area contributed by atoms with Gasteiger partial charge in [0.05, 0.1) is 9.75 Å². The van der Waals surface area contributed by atoms with Crippen LogP contribution in [0.4, 0.5) is 0 Å². The van der Waals surface area contributed by atoms with Crippen LogP contribution in [0.3, 0.4) is 0 Å². The number of Topliss-reactive ketones (excluding diaryl/α,β-unsaturated/α-hetero) is 1. The molecule has 0 radical (unpaired) electrons. The SMILES string of the molecule is O=Cc1ccc(C(=O)C2CCCCC2)s1. The average molecular weight is 222 g/mol. The van der Waals surface area contributed by atoms with Crippen molar-refractivity contribution in [1.82, 2.24) is 0 Å². The first-order valence-corrected chi connectivity index (χ1v) is 6.22. The van der Waals surface area contributed by atoms with Gasteiger partial charge in [0.25, 0.3) is 0 Å². The number of aldehydes is 1. The van der Waals surface area contributed by atoms with Crippen LogP contribution in [0.5, 0.6) is 0 Å². The highest BCUT2D eigenvalue weighted by Crippen LogP contribution is 2.28.